The van der Waals surface area contributed by atoms with E-state index in [0.29, 0.717) is 17.8 Å². The number of thiocarbonyl (C=S) groups is 1. The Bertz CT molecular complexity index is 447. The standard InChI is InChI=1S/C13H17FN2OS/c1-16(8-10-3-2-6-17-10)12-5-4-9(13(15)18)7-11(12)14/h4-5,7,10H,2-3,6,8H2,1H3,(H2,15,18). The van der Waals surface area contributed by atoms with E-state index < -0.39 is 0 Å². The SMILES string of the molecule is CN(CC1CCCO1)c1ccc(C(N)=S)cc1F. The lowest BCUT2D eigenvalue weighted by atomic mass is 10.1. The third kappa shape index (κ3) is 2.97. The Morgan fingerprint density at radius 2 is 2.39 bits per heavy atom. The zero-order chi connectivity index (χ0) is 13.1. The molecule has 0 amide bonds. The number of benzene rings is 1. The van der Waals surface area contributed by atoms with Crippen LogP contribution < -0.4 is 10.6 Å². The van der Waals surface area contributed by atoms with Crippen molar-refractivity contribution in [3.8, 4) is 0 Å². The minimum absolute atomic E-state index is 0.199. The van der Waals surface area contributed by atoms with Crippen LogP contribution in [-0.4, -0.2) is 31.3 Å². The minimum Gasteiger partial charge on any atom is -0.389 e. The van der Waals surface area contributed by atoms with Gasteiger partial charge < -0.3 is 15.4 Å². The summed E-state index contributed by atoms with van der Waals surface area (Å²) in [5.41, 5.74) is 6.57. The predicted octanol–water partition coefficient (Wildman–Crippen LogP) is 2.08. The summed E-state index contributed by atoms with van der Waals surface area (Å²) >= 11 is 4.82. The molecule has 1 aromatic rings. The van der Waals surface area contributed by atoms with Gasteiger partial charge in [0, 0.05) is 25.8 Å². The van der Waals surface area contributed by atoms with Gasteiger partial charge in [0.15, 0.2) is 0 Å². The molecule has 1 aliphatic heterocycles. The van der Waals surface area contributed by atoms with Crippen molar-refractivity contribution in [1.82, 2.24) is 0 Å². The molecule has 1 aromatic carbocycles. The molecule has 1 saturated heterocycles. The van der Waals surface area contributed by atoms with Gasteiger partial charge in [0.2, 0.25) is 0 Å². The van der Waals surface area contributed by atoms with Crippen molar-refractivity contribution in [2.24, 2.45) is 5.73 Å². The van der Waals surface area contributed by atoms with E-state index in [1.165, 1.54) is 6.07 Å². The molecule has 1 heterocycles. The van der Waals surface area contributed by atoms with Gasteiger partial charge in [-0.2, -0.15) is 0 Å². The molecular weight excluding hydrogens is 251 g/mol. The van der Waals surface area contributed by atoms with Crippen LogP contribution in [0.25, 0.3) is 0 Å². The highest BCUT2D eigenvalue weighted by Crippen LogP contribution is 2.22. The number of hydrogen-bond donors (Lipinski definition) is 1. The quantitative estimate of drug-likeness (QED) is 0.849. The van der Waals surface area contributed by atoms with Crippen LogP contribution in [0.4, 0.5) is 10.1 Å². The van der Waals surface area contributed by atoms with Crippen molar-refractivity contribution in [1.29, 1.82) is 0 Å². The molecule has 1 fully saturated rings. The summed E-state index contributed by atoms with van der Waals surface area (Å²) in [7, 11) is 1.86. The smallest absolute Gasteiger partial charge is 0.147 e. The van der Waals surface area contributed by atoms with E-state index in [9.17, 15) is 4.39 Å². The second-order valence-electron chi connectivity index (χ2n) is 4.55. The third-order valence-corrected chi connectivity index (χ3v) is 3.38. The molecule has 18 heavy (non-hydrogen) atoms. The maximum absolute atomic E-state index is 13.9. The fraction of sp³-hybridized carbons (Fsp3) is 0.462. The molecule has 0 bridgehead atoms. The van der Waals surface area contributed by atoms with Crippen LogP contribution in [0.2, 0.25) is 0 Å². The van der Waals surface area contributed by atoms with E-state index in [-0.39, 0.29) is 16.9 Å². The van der Waals surface area contributed by atoms with E-state index >= 15 is 0 Å². The number of ether oxygens (including phenoxy) is 1. The van der Waals surface area contributed by atoms with Gasteiger partial charge in [0.1, 0.15) is 10.8 Å². The zero-order valence-electron chi connectivity index (χ0n) is 10.4. The predicted molar refractivity (Wildman–Crippen MR) is 74.5 cm³/mol. The second-order valence-corrected chi connectivity index (χ2v) is 4.99. The molecule has 2 rings (SSSR count). The number of halogens is 1. The normalized spacial score (nSPS) is 18.9. The maximum atomic E-state index is 13.9. The number of hydrogen-bond acceptors (Lipinski definition) is 3. The van der Waals surface area contributed by atoms with Crippen molar-refractivity contribution in [3.05, 3.63) is 29.6 Å². The van der Waals surface area contributed by atoms with Gasteiger partial charge in [-0.05, 0) is 31.0 Å². The summed E-state index contributed by atoms with van der Waals surface area (Å²) < 4.78 is 19.5. The molecule has 0 spiro atoms. The van der Waals surface area contributed by atoms with E-state index in [0.717, 1.165) is 19.4 Å². The van der Waals surface area contributed by atoms with E-state index in [2.05, 4.69) is 0 Å². The van der Waals surface area contributed by atoms with Crippen LogP contribution in [0.3, 0.4) is 0 Å². The summed E-state index contributed by atoms with van der Waals surface area (Å²) in [4.78, 5) is 2.08. The largest absolute Gasteiger partial charge is 0.389 e. The Labute approximate surface area is 112 Å². The summed E-state index contributed by atoms with van der Waals surface area (Å²) in [5.74, 6) is -0.305. The van der Waals surface area contributed by atoms with Gasteiger partial charge in [0.25, 0.3) is 0 Å². The van der Waals surface area contributed by atoms with Gasteiger partial charge in [-0.25, -0.2) is 4.39 Å². The summed E-state index contributed by atoms with van der Waals surface area (Å²) in [6.45, 7) is 1.50. The van der Waals surface area contributed by atoms with Crippen LogP contribution in [0.15, 0.2) is 18.2 Å². The monoisotopic (exact) mass is 268 g/mol. The third-order valence-electron chi connectivity index (χ3n) is 3.14. The maximum Gasteiger partial charge on any atom is 0.147 e. The van der Waals surface area contributed by atoms with Gasteiger partial charge in [0.05, 0.1) is 11.8 Å². The van der Waals surface area contributed by atoms with Crippen molar-refractivity contribution >= 4 is 22.9 Å². The van der Waals surface area contributed by atoms with Crippen molar-refractivity contribution < 1.29 is 9.13 Å². The van der Waals surface area contributed by atoms with Gasteiger partial charge >= 0.3 is 0 Å². The van der Waals surface area contributed by atoms with Gasteiger partial charge in [-0.1, -0.05) is 12.2 Å². The lowest BCUT2D eigenvalue weighted by Crippen LogP contribution is -2.29. The molecular formula is C13H17FN2OS. The van der Waals surface area contributed by atoms with Crippen molar-refractivity contribution in [2.45, 2.75) is 18.9 Å². The van der Waals surface area contributed by atoms with Gasteiger partial charge in [-0.15, -0.1) is 0 Å². The van der Waals surface area contributed by atoms with Crippen LogP contribution in [0, 0.1) is 5.82 Å². The molecule has 1 atom stereocenters. The van der Waals surface area contributed by atoms with Crippen molar-refractivity contribution in [3.63, 3.8) is 0 Å². The number of rotatable bonds is 4. The molecule has 2 N–H and O–H groups in total. The summed E-state index contributed by atoms with van der Waals surface area (Å²) in [5, 5.41) is 0. The number of likely N-dealkylation sites (N-methyl/N-ethyl adjacent to an activating group) is 1. The van der Waals surface area contributed by atoms with E-state index in [1.54, 1.807) is 12.1 Å². The molecule has 0 aromatic heterocycles. The molecule has 3 nitrogen and oxygen atoms in total. The van der Waals surface area contributed by atoms with E-state index in [1.807, 2.05) is 11.9 Å². The minimum atomic E-state index is -0.305. The molecule has 5 heteroatoms. The first-order valence-corrected chi connectivity index (χ1v) is 6.41. The highest BCUT2D eigenvalue weighted by molar-refractivity contribution is 7.80. The first-order valence-electron chi connectivity index (χ1n) is 6.00. The molecule has 98 valence electrons. The zero-order valence-corrected chi connectivity index (χ0v) is 11.2. The molecule has 0 aliphatic carbocycles. The summed E-state index contributed by atoms with van der Waals surface area (Å²) in [6.07, 6.45) is 2.32. The average Bonchev–Trinajstić information content (AvgIpc) is 2.81. The van der Waals surface area contributed by atoms with Crippen LogP contribution in [0.1, 0.15) is 18.4 Å². The fourth-order valence-corrected chi connectivity index (χ4v) is 2.29. The highest BCUT2D eigenvalue weighted by Gasteiger charge is 2.19. The van der Waals surface area contributed by atoms with Crippen molar-refractivity contribution in [2.75, 3.05) is 25.1 Å². The number of anilines is 1. The highest BCUT2D eigenvalue weighted by atomic mass is 32.1. The first kappa shape index (κ1) is 13.2. The van der Waals surface area contributed by atoms with Crippen LogP contribution in [0.5, 0.6) is 0 Å². The number of nitrogens with two attached hydrogens (primary N) is 1. The Morgan fingerprint density at radius 1 is 1.61 bits per heavy atom. The Hall–Kier alpha value is -1.20. The first-order chi connectivity index (χ1) is 8.58. The van der Waals surface area contributed by atoms with Crippen LogP contribution in [-0.2, 0) is 4.74 Å². The average molecular weight is 268 g/mol. The second kappa shape index (κ2) is 5.63. The lowest BCUT2D eigenvalue weighted by molar-refractivity contribution is 0.116. The lowest BCUT2D eigenvalue weighted by Gasteiger charge is -2.23. The molecule has 1 unspecified atom stereocenters. The Morgan fingerprint density at radius 3 is 2.94 bits per heavy atom. The van der Waals surface area contributed by atoms with Crippen LogP contribution >= 0.6 is 12.2 Å². The molecule has 1 aliphatic rings. The summed E-state index contributed by atoms with van der Waals surface area (Å²) in [6, 6.07) is 4.83. The molecule has 0 radical (unpaired) electrons. The van der Waals surface area contributed by atoms with E-state index in [4.69, 9.17) is 22.7 Å². The Kier molecular flexibility index (Phi) is 4.14. The number of nitrogens with zero attached hydrogens (tertiary/aromatic N) is 1. The fourth-order valence-electron chi connectivity index (χ4n) is 2.16. The Balaban J connectivity index is 2.09. The topological polar surface area (TPSA) is 38.5 Å². The van der Waals surface area contributed by atoms with Gasteiger partial charge in [-0.3, -0.25) is 0 Å². The molecule has 0 saturated carbocycles.